The Hall–Kier alpha value is -0.580. The second-order valence-electron chi connectivity index (χ2n) is 6.31. The van der Waals surface area contributed by atoms with Gasteiger partial charge in [-0.15, -0.1) is 0 Å². The lowest BCUT2D eigenvalue weighted by atomic mass is 9.96. The molecule has 1 saturated carbocycles. The van der Waals surface area contributed by atoms with Gasteiger partial charge in [0.15, 0.2) is 0 Å². The van der Waals surface area contributed by atoms with Crippen LogP contribution in [0, 0.1) is 5.92 Å². The molecule has 1 aromatic carbocycles. The van der Waals surface area contributed by atoms with E-state index in [9.17, 15) is 0 Å². The molecule has 1 saturated heterocycles. The van der Waals surface area contributed by atoms with E-state index in [2.05, 4.69) is 44.3 Å². The third kappa shape index (κ3) is 4.21. The van der Waals surface area contributed by atoms with Crippen LogP contribution in [0.3, 0.4) is 0 Å². The van der Waals surface area contributed by atoms with Crippen LogP contribution in [0.1, 0.15) is 31.2 Å². The Kier molecular flexibility index (Phi) is 5.19. The van der Waals surface area contributed by atoms with E-state index < -0.39 is 0 Å². The van der Waals surface area contributed by atoms with E-state index in [0.29, 0.717) is 0 Å². The predicted molar refractivity (Wildman–Crippen MR) is 90.8 cm³/mol. The van der Waals surface area contributed by atoms with E-state index >= 15 is 0 Å². The van der Waals surface area contributed by atoms with Gasteiger partial charge in [-0.1, -0.05) is 15.9 Å². The van der Waals surface area contributed by atoms with Gasteiger partial charge in [0.2, 0.25) is 0 Å². The molecule has 2 aliphatic rings. The van der Waals surface area contributed by atoms with Gasteiger partial charge in [-0.05, 0) is 55.4 Å². The van der Waals surface area contributed by atoms with Crippen molar-refractivity contribution in [2.45, 2.75) is 38.3 Å². The Bertz CT molecular complexity index is 468. The molecule has 1 aliphatic heterocycles. The monoisotopic (exact) mass is 352 g/mol. The first-order valence-corrected chi connectivity index (χ1v) is 8.81. The number of anilines is 1. The van der Waals surface area contributed by atoms with Crippen molar-refractivity contribution in [3.8, 4) is 0 Å². The maximum Gasteiger partial charge on any atom is 0.0491 e. The van der Waals surface area contributed by atoms with E-state index in [0.717, 1.165) is 38.2 Å². The summed E-state index contributed by atoms with van der Waals surface area (Å²) in [7, 11) is 1.81. The number of halogens is 1. The number of nitrogens with one attached hydrogen (secondary N) is 1. The summed E-state index contributed by atoms with van der Waals surface area (Å²) >= 11 is 3.61. The van der Waals surface area contributed by atoms with Crippen molar-refractivity contribution in [1.82, 2.24) is 5.32 Å². The molecular weight excluding hydrogens is 328 g/mol. The molecule has 0 spiro atoms. The Morgan fingerprint density at radius 3 is 2.67 bits per heavy atom. The highest BCUT2D eigenvalue weighted by Crippen LogP contribution is 2.29. The van der Waals surface area contributed by atoms with Crippen molar-refractivity contribution < 1.29 is 4.74 Å². The van der Waals surface area contributed by atoms with Crippen molar-refractivity contribution in [3.05, 3.63) is 28.2 Å². The summed E-state index contributed by atoms with van der Waals surface area (Å²) in [6.45, 7) is 4.18. The number of benzene rings is 1. The minimum Gasteiger partial charge on any atom is -0.384 e. The molecule has 4 heteroatoms. The number of nitrogens with zero attached hydrogens (tertiary/aromatic N) is 1. The second-order valence-corrected chi connectivity index (χ2v) is 7.23. The smallest absolute Gasteiger partial charge is 0.0491 e. The molecule has 2 fully saturated rings. The summed E-state index contributed by atoms with van der Waals surface area (Å²) < 4.78 is 6.47. The van der Waals surface area contributed by atoms with Gasteiger partial charge in [0.05, 0.1) is 0 Å². The number of piperidine rings is 1. The number of ether oxygens (including phenoxy) is 1. The second kappa shape index (κ2) is 7.12. The average molecular weight is 353 g/mol. The van der Waals surface area contributed by atoms with Crippen molar-refractivity contribution >= 4 is 21.6 Å². The fourth-order valence-corrected chi connectivity index (χ4v) is 3.53. The van der Waals surface area contributed by atoms with Crippen LogP contribution in [0.5, 0.6) is 0 Å². The number of hydrogen-bond donors (Lipinski definition) is 1. The van der Waals surface area contributed by atoms with E-state index in [1.807, 2.05) is 7.11 Å². The Morgan fingerprint density at radius 2 is 2.00 bits per heavy atom. The van der Waals surface area contributed by atoms with Crippen molar-refractivity contribution in [3.63, 3.8) is 0 Å². The Balaban J connectivity index is 1.66. The summed E-state index contributed by atoms with van der Waals surface area (Å²) in [5, 5.41) is 3.64. The van der Waals surface area contributed by atoms with Gasteiger partial charge in [-0.3, -0.25) is 0 Å². The van der Waals surface area contributed by atoms with Crippen LogP contribution in [0.15, 0.2) is 22.7 Å². The molecule has 1 N–H and O–H groups in total. The van der Waals surface area contributed by atoms with Crippen molar-refractivity contribution in [2.75, 3.05) is 31.7 Å². The maximum absolute atomic E-state index is 5.30. The molecule has 0 radical (unpaired) electrons. The molecule has 1 heterocycles. The first-order valence-electron chi connectivity index (χ1n) is 8.02. The molecule has 0 unspecified atom stereocenters. The number of hydrogen-bond acceptors (Lipinski definition) is 3. The van der Waals surface area contributed by atoms with Crippen molar-refractivity contribution in [1.29, 1.82) is 0 Å². The molecule has 0 aromatic heterocycles. The summed E-state index contributed by atoms with van der Waals surface area (Å²) in [5.74, 6) is 0.731. The van der Waals surface area contributed by atoms with Crippen molar-refractivity contribution in [2.24, 2.45) is 5.92 Å². The molecular formula is C17H25BrN2O. The van der Waals surface area contributed by atoms with Crippen LogP contribution in [-0.2, 0) is 11.3 Å². The summed E-state index contributed by atoms with van der Waals surface area (Å²) in [4.78, 5) is 2.54. The lowest BCUT2D eigenvalue weighted by Crippen LogP contribution is -2.36. The van der Waals surface area contributed by atoms with Gasteiger partial charge >= 0.3 is 0 Å². The largest absolute Gasteiger partial charge is 0.384 e. The normalized spacial score (nSPS) is 20.0. The van der Waals surface area contributed by atoms with Gasteiger partial charge in [0.25, 0.3) is 0 Å². The van der Waals surface area contributed by atoms with E-state index in [1.165, 1.54) is 41.4 Å². The fourth-order valence-electron chi connectivity index (χ4n) is 3.12. The summed E-state index contributed by atoms with van der Waals surface area (Å²) in [6, 6.07) is 7.46. The van der Waals surface area contributed by atoms with Gasteiger partial charge < -0.3 is 15.0 Å². The lowest BCUT2D eigenvalue weighted by molar-refractivity contribution is 0.139. The molecule has 3 nitrogen and oxygen atoms in total. The zero-order valence-electron chi connectivity index (χ0n) is 12.8. The first-order chi connectivity index (χ1) is 10.3. The SMILES string of the molecule is COCC1CCN(c2ccc(Br)cc2CNC2CC2)CC1. The van der Waals surface area contributed by atoms with Crippen LogP contribution >= 0.6 is 15.9 Å². The Morgan fingerprint density at radius 1 is 1.24 bits per heavy atom. The van der Waals surface area contributed by atoms with E-state index in [4.69, 9.17) is 4.74 Å². The fraction of sp³-hybridized carbons (Fsp3) is 0.647. The third-order valence-electron chi connectivity index (χ3n) is 4.56. The highest BCUT2D eigenvalue weighted by atomic mass is 79.9. The predicted octanol–water partition coefficient (Wildman–Crippen LogP) is 3.56. The molecule has 1 aromatic rings. The highest BCUT2D eigenvalue weighted by Gasteiger charge is 2.23. The molecule has 3 rings (SSSR count). The van der Waals surface area contributed by atoms with E-state index in [1.54, 1.807) is 0 Å². The number of rotatable bonds is 6. The molecule has 1 aliphatic carbocycles. The standard InChI is InChI=1S/C17H25BrN2O/c1-21-12-13-6-8-20(9-7-13)17-5-2-15(18)10-14(17)11-19-16-3-4-16/h2,5,10,13,16,19H,3-4,6-9,11-12H2,1H3. The molecule has 0 bridgehead atoms. The minimum absolute atomic E-state index is 0.731. The third-order valence-corrected chi connectivity index (χ3v) is 5.05. The summed E-state index contributed by atoms with van der Waals surface area (Å²) in [6.07, 6.45) is 5.15. The average Bonchev–Trinajstić information content (AvgIpc) is 3.31. The van der Waals surface area contributed by atoms with Gasteiger partial charge in [0.1, 0.15) is 0 Å². The van der Waals surface area contributed by atoms with Crippen LogP contribution in [0.4, 0.5) is 5.69 Å². The summed E-state index contributed by atoms with van der Waals surface area (Å²) in [5.41, 5.74) is 2.82. The minimum atomic E-state index is 0.731. The molecule has 0 amide bonds. The lowest BCUT2D eigenvalue weighted by Gasteiger charge is -2.34. The first kappa shape index (κ1) is 15.3. The van der Waals surface area contributed by atoms with Crippen LogP contribution in [-0.4, -0.2) is 32.8 Å². The topological polar surface area (TPSA) is 24.5 Å². The number of methoxy groups -OCH3 is 1. The van der Waals surface area contributed by atoms with Gasteiger partial charge in [-0.25, -0.2) is 0 Å². The maximum atomic E-state index is 5.30. The molecule has 116 valence electrons. The van der Waals surface area contributed by atoms with Crippen LogP contribution < -0.4 is 10.2 Å². The Labute approximate surface area is 136 Å². The van der Waals surface area contributed by atoms with Gasteiger partial charge in [-0.2, -0.15) is 0 Å². The van der Waals surface area contributed by atoms with E-state index in [-0.39, 0.29) is 0 Å². The zero-order valence-corrected chi connectivity index (χ0v) is 14.4. The molecule has 21 heavy (non-hydrogen) atoms. The highest BCUT2D eigenvalue weighted by molar-refractivity contribution is 9.10. The van der Waals surface area contributed by atoms with Crippen LogP contribution in [0.25, 0.3) is 0 Å². The molecule has 0 atom stereocenters. The van der Waals surface area contributed by atoms with Crippen LogP contribution in [0.2, 0.25) is 0 Å². The quantitative estimate of drug-likeness (QED) is 0.846. The zero-order chi connectivity index (χ0) is 14.7. The van der Waals surface area contributed by atoms with Gasteiger partial charge in [0, 0.05) is 49.6 Å².